The van der Waals surface area contributed by atoms with Gasteiger partial charge in [0.1, 0.15) is 0 Å². The van der Waals surface area contributed by atoms with E-state index in [9.17, 15) is 4.39 Å². The Morgan fingerprint density at radius 3 is 1.18 bits per heavy atom. The van der Waals surface area contributed by atoms with Gasteiger partial charge in [0.15, 0.2) is 23.1 Å². The number of hydrogen-bond donors (Lipinski definition) is 0. The molecule has 0 aromatic heterocycles. The van der Waals surface area contributed by atoms with E-state index in [1.165, 1.54) is 51.4 Å². The lowest BCUT2D eigenvalue weighted by molar-refractivity contribution is 0.170. The van der Waals surface area contributed by atoms with Crippen molar-refractivity contribution in [3.63, 3.8) is 0 Å². The predicted octanol–water partition coefficient (Wildman–Crippen LogP) is 15.2. The maximum atomic E-state index is 15.2. The van der Waals surface area contributed by atoms with Gasteiger partial charge >= 0.3 is 0 Å². The van der Waals surface area contributed by atoms with Crippen molar-refractivity contribution in [1.29, 1.82) is 0 Å². The van der Waals surface area contributed by atoms with Crippen molar-refractivity contribution >= 4 is 0 Å². The number of hydrogen-bond acceptors (Lipinski definition) is 2. The molecule has 0 unspecified atom stereocenters. The molecule has 4 aliphatic carbocycles. The average molecular weight is 797 g/mol. The fourth-order valence-electron chi connectivity index (χ4n) is 11.2. The minimum Gasteiger partial charge on any atom is -0.490 e. The molecule has 0 saturated heterocycles. The Labute approximate surface area is 340 Å². The first-order chi connectivity index (χ1) is 27.8. The van der Waals surface area contributed by atoms with E-state index in [1.807, 2.05) is 0 Å². The van der Waals surface area contributed by atoms with E-state index in [0.29, 0.717) is 73.3 Å². The lowest BCUT2D eigenvalue weighted by Crippen LogP contribution is -2.25. The zero-order valence-electron chi connectivity index (χ0n) is 34.5. The zero-order chi connectivity index (χ0) is 40.1. The average Bonchev–Trinajstić information content (AvgIpc) is 3.26. The molecule has 316 valence electrons. The van der Waals surface area contributed by atoms with Gasteiger partial charge in [-0.2, -0.15) is 8.78 Å². The van der Waals surface area contributed by atoms with Crippen LogP contribution in [-0.2, 0) is 0 Å². The quantitative estimate of drug-likeness (QED) is 0.0801. The summed E-state index contributed by atoms with van der Waals surface area (Å²) in [5.74, 6) is 0.685. The number of alkyl halides is 1. The van der Waals surface area contributed by atoms with Crippen molar-refractivity contribution < 1.29 is 31.4 Å². The number of allylic oxidation sites excluding steroid dienone is 2. The van der Waals surface area contributed by atoms with Crippen molar-refractivity contribution in [3.05, 3.63) is 84.0 Å². The van der Waals surface area contributed by atoms with E-state index in [-0.39, 0.29) is 42.5 Å². The second kappa shape index (κ2) is 22.0. The third-order valence-electron chi connectivity index (χ3n) is 15.0. The largest absolute Gasteiger partial charge is 0.490 e. The highest BCUT2D eigenvalue weighted by Crippen LogP contribution is 2.47. The molecule has 6 rings (SSSR count). The molecule has 2 aromatic carbocycles. The van der Waals surface area contributed by atoms with Crippen LogP contribution >= 0.6 is 0 Å². The van der Waals surface area contributed by atoms with Crippen molar-refractivity contribution in [2.24, 2.45) is 41.4 Å². The zero-order valence-corrected chi connectivity index (χ0v) is 34.5. The molecular weight excluding hydrogens is 728 g/mol. The highest BCUT2D eigenvalue weighted by Gasteiger charge is 2.34. The summed E-state index contributed by atoms with van der Waals surface area (Å²) in [6.45, 7) is 7.95. The minimum atomic E-state index is -0.908. The first-order valence-corrected chi connectivity index (χ1v) is 22.8. The Bertz CT molecular complexity index is 1430. The summed E-state index contributed by atoms with van der Waals surface area (Å²) in [5.41, 5.74) is 0.945. The molecule has 57 heavy (non-hydrogen) atoms. The van der Waals surface area contributed by atoms with Crippen molar-refractivity contribution in [2.45, 2.75) is 153 Å². The van der Waals surface area contributed by atoms with Gasteiger partial charge in [-0.05, 0) is 218 Å². The van der Waals surface area contributed by atoms with Crippen LogP contribution in [0.15, 0.2) is 49.6 Å². The molecule has 0 atom stereocenters. The molecule has 7 heteroatoms. The van der Waals surface area contributed by atoms with E-state index in [0.717, 1.165) is 63.2 Å². The molecule has 0 N–H and O–H groups in total. The summed E-state index contributed by atoms with van der Waals surface area (Å²) in [4.78, 5) is 0. The minimum absolute atomic E-state index is 0.0478. The lowest BCUT2D eigenvalue weighted by Gasteiger charge is -2.37. The van der Waals surface area contributed by atoms with Gasteiger partial charge in [0.2, 0.25) is 11.6 Å². The molecule has 4 saturated carbocycles. The van der Waals surface area contributed by atoms with Gasteiger partial charge in [-0.15, -0.1) is 13.2 Å². The Morgan fingerprint density at radius 1 is 0.491 bits per heavy atom. The number of rotatable bonds is 19. The number of unbranched alkanes of at least 4 members (excludes halogenated alkanes) is 2. The van der Waals surface area contributed by atoms with E-state index < -0.39 is 29.9 Å². The van der Waals surface area contributed by atoms with Gasteiger partial charge in [-0.3, -0.25) is 4.39 Å². The molecule has 2 nitrogen and oxygen atoms in total. The number of halogens is 5. The molecular formula is C50H69F5O2. The van der Waals surface area contributed by atoms with Gasteiger partial charge in [-0.25, -0.2) is 8.78 Å². The summed E-state index contributed by atoms with van der Waals surface area (Å²) < 4.78 is 85.7. The SMILES string of the molecule is C=CC1CCC(C2CCC(c3ccc(OCCCCC(CF)CCCCOc4ccc(C5CCC(C6CCC(C=C)CC6)CC5)c(F)c4F)c(F)c3F)CC2)CC1. The van der Waals surface area contributed by atoms with Crippen LogP contribution in [0.4, 0.5) is 22.0 Å². The van der Waals surface area contributed by atoms with Crippen LogP contribution in [0.3, 0.4) is 0 Å². The van der Waals surface area contributed by atoms with E-state index >= 15 is 17.6 Å². The highest BCUT2D eigenvalue weighted by molar-refractivity contribution is 5.34. The van der Waals surface area contributed by atoms with Crippen molar-refractivity contribution in [1.82, 2.24) is 0 Å². The Hall–Kier alpha value is -2.83. The van der Waals surface area contributed by atoms with Crippen LogP contribution in [0.25, 0.3) is 0 Å². The molecule has 0 bridgehead atoms. The van der Waals surface area contributed by atoms with Gasteiger partial charge in [0, 0.05) is 0 Å². The maximum absolute atomic E-state index is 15.2. The van der Waals surface area contributed by atoms with E-state index in [2.05, 4.69) is 25.3 Å². The van der Waals surface area contributed by atoms with Crippen molar-refractivity contribution in [2.75, 3.05) is 19.9 Å². The smallest absolute Gasteiger partial charge is 0.200 e. The second-order valence-corrected chi connectivity index (χ2v) is 18.3. The lowest BCUT2D eigenvalue weighted by atomic mass is 9.68. The summed E-state index contributed by atoms with van der Waals surface area (Å²) in [7, 11) is 0. The van der Waals surface area contributed by atoms with E-state index in [4.69, 9.17) is 9.47 Å². The molecule has 0 heterocycles. The Morgan fingerprint density at radius 2 is 0.842 bits per heavy atom. The van der Waals surface area contributed by atoms with Crippen LogP contribution in [-0.4, -0.2) is 19.9 Å². The molecule has 0 radical (unpaired) electrons. The standard InChI is InChI=1S/C50H69F5O2/c1-3-34-11-15-37(16-12-34)39-19-23-41(24-20-39)43-27-29-45(49(54)47(43)52)56-31-7-5-9-36(33-51)10-6-8-32-57-46-30-28-44(48(53)50(46)55)42-25-21-40(22-26-42)38-17-13-35(4-2)14-18-38/h3-4,27-30,34-42H,1-2,5-26,31-33H2. The maximum Gasteiger partial charge on any atom is 0.200 e. The Kier molecular flexibility index (Phi) is 16.9. The summed E-state index contributed by atoms with van der Waals surface area (Å²) in [5, 5.41) is 0. The summed E-state index contributed by atoms with van der Waals surface area (Å²) >= 11 is 0. The molecule has 0 aliphatic heterocycles. The van der Waals surface area contributed by atoms with Crippen LogP contribution in [0.5, 0.6) is 11.5 Å². The van der Waals surface area contributed by atoms with Crippen LogP contribution in [0.2, 0.25) is 0 Å². The molecule has 4 fully saturated rings. The second-order valence-electron chi connectivity index (χ2n) is 18.3. The molecule has 4 aliphatic rings. The fraction of sp³-hybridized carbons (Fsp3) is 0.680. The monoisotopic (exact) mass is 797 g/mol. The topological polar surface area (TPSA) is 18.5 Å². The first-order valence-electron chi connectivity index (χ1n) is 22.8. The van der Waals surface area contributed by atoms with Crippen molar-refractivity contribution in [3.8, 4) is 11.5 Å². The van der Waals surface area contributed by atoms with Crippen LogP contribution < -0.4 is 9.47 Å². The third-order valence-corrected chi connectivity index (χ3v) is 15.0. The normalized spacial score (nSPS) is 28.7. The van der Waals surface area contributed by atoms with Gasteiger partial charge < -0.3 is 9.47 Å². The first kappa shape index (κ1) is 43.7. The van der Waals surface area contributed by atoms with Gasteiger partial charge in [-0.1, -0.05) is 24.3 Å². The molecule has 0 amide bonds. The number of ether oxygens (including phenoxy) is 2. The van der Waals surface area contributed by atoms with Gasteiger partial charge in [0.25, 0.3) is 0 Å². The van der Waals surface area contributed by atoms with Crippen LogP contribution in [0.1, 0.15) is 164 Å². The van der Waals surface area contributed by atoms with Crippen LogP contribution in [0, 0.1) is 64.7 Å². The van der Waals surface area contributed by atoms with Gasteiger partial charge in [0.05, 0.1) is 19.9 Å². The highest BCUT2D eigenvalue weighted by atomic mass is 19.2. The Balaban J connectivity index is 0.836. The summed E-state index contributed by atoms with van der Waals surface area (Å²) in [6.07, 6.45) is 26.0. The fourth-order valence-corrected chi connectivity index (χ4v) is 11.2. The van der Waals surface area contributed by atoms with E-state index in [1.54, 1.807) is 24.3 Å². The predicted molar refractivity (Wildman–Crippen MR) is 222 cm³/mol. The molecule has 2 aromatic rings. The molecule has 0 spiro atoms. The summed E-state index contributed by atoms with van der Waals surface area (Å²) in [6, 6.07) is 6.55. The third kappa shape index (κ3) is 11.7. The number of benzene rings is 2.